The fourth-order valence-corrected chi connectivity index (χ4v) is 12.2. The van der Waals surface area contributed by atoms with Crippen LogP contribution in [0, 0.1) is 0 Å². The number of fused-ring (bicyclic) bond motifs is 13. The molecule has 4 heteroatoms. The molecule has 1 aliphatic rings. The zero-order chi connectivity index (χ0) is 43.5. The van der Waals surface area contributed by atoms with Gasteiger partial charge in [-0.2, -0.15) is 0 Å². The van der Waals surface area contributed by atoms with Gasteiger partial charge in [-0.3, -0.25) is 4.99 Å². The van der Waals surface area contributed by atoms with E-state index in [2.05, 4.69) is 212 Å². The van der Waals surface area contributed by atoms with Gasteiger partial charge in [0.25, 0.3) is 0 Å². The first-order chi connectivity index (χ1) is 32.7. The second kappa shape index (κ2) is 14.5. The Morgan fingerprint density at radius 1 is 0.530 bits per heavy atom. The minimum Gasteiger partial charge on any atom is -0.454 e. The molecule has 0 spiro atoms. The number of nitrogens with zero attached hydrogens (tertiary/aromatic N) is 2. The van der Waals surface area contributed by atoms with Gasteiger partial charge in [0.05, 0.1) is 28.1 Å². The van der Waals surface area contributed by atoms with Crippen LogP contribution < -0.4 is 0 Å². The van der Waals surface area contributed by atoms with Crippen LogP contribution in [0.3, 0.4) is 0 Å². The monoisotopic (exact) mass is 860 g/mol. The predicted molar refractivity (Wildman–Crippen MR) is 283 cm³/mol. The lowest BCUT2D eigenvalue weighted by molar-refractivity contribution is 0.666. The first-order valence-corrected chi connectivity index (χ1v) is 23.7. The number of hydrogen-bond acceptors (Lipinski definition) is 3. The van der Waals surface area contributed by atoms with Gasteiger partial charge in [0.15, 0.2) is 5.58 Å². The third kappa shape index (κ3) is 5.52. The molecule has 0 radical (unpaired) electrons. The molecule has 13 aromatic rings. The molecule has 3 aromatic heterocycles. The first-order valence-electron chi connectivity index (χ1n) is 22.9. The van der Waals surface area contributed by atoms with Crippen molar-refractivity contribution in [2.45, 2.75) is 19.8 Å². The fourth-order valence-electron chi connectivity index (χ4n) is 11.0. The third-order valence-electron chi connectivity index (χ3n) is 14.0. The van der Waals surface area contributed by atoms with Crippen molar-refractivity contribution in [2.24, 2.45) is 4.99 Å². The van der Waals surface area contributed by atoms with Gasteiger partial charge in [-0.15, -0.1) is 11.3 Å². The number of thiophene rings is 1. The summed E-state index contributed by atoms with van der Waals surface area (Å²) in [6.45, 7) is 2.28. The predicted octanol–water partition coefficient (Wildman–Crippen LogP) is 17.6. The summed E-state index contributed by atoms with van der Waals surface area (Å²) in [5.74, 6) is 0. The number of para-hydroxylation sites is 1. The van der Waals surface area contributed by atoms with Crippen LogP contribution in [0.4, 0.5) is 0 Å². The van der Waals surface area contributed by atoms with E-state index in [1.165, 1.54) is 85.5 Å². The van der Waals surface area contributed by atoms with Gasteiger partial charge in [0, 0.05) is 64.7 Å². The van der Waals surface area contributed by atoms with E-state index in [-0.39, 0.29) is 0 Å². The minimum atomic E-state index is 0.691. The molecule has 0 bridgehead atoms. The highest BCUT2D eigenvalue weighted by Gasteiger charge is 2.27. The first kappa shape index (κ1) is 37.3. The summed E-state index contributed by atoms with van der Waals surface area (Å²) in [5, 5.41) is 14.5. The SMILES string of the molecule is CCC1=C(c2ccc(-n3c4cc5ccccc5cc4c4ccc5ccccc5c43)c3oc4ccccc4c23)N=C(c2cccc3ccccc23)CC=C1c1ccc2c(c1)sc1ccccc12. The van der Waals surface area contributed by atoms with Crippen molar-refractivity contribution in [3.05, 3.63) is 222 Å². The second-order valence-corrected chi connectivity index (χ2v) is 18.7. The standard InChI is InChI=1S/C62H40N2OS/c1-2-42-44(41-27-28-48-47-21-10-12-25-57(47)66-58(48)36-41)30-32-53(46-23-13-18-37-14-5-7-19-43(37)46)63-60(42)51-31-33-54(62-59(51)50-22-9-11-24-56(50)65-62)64-55-35-40-17-4-3-16-39(40)34-52(55)49-29-26-38-15-6-8-20-45(38)61(49)64/h3-31,33-36H,2,32H2,1H3. The maximum absolute atomic E-state index is 7.19. The van der Waals surface area contributed by atoms with E-state index < -0.39 is 0 Å². The lowest BCUT2D eigenvalue weighted by atomic mass is 9.90. The van der Waals surface area contributed by atoms with Crippen molar-refractivity contribution in [3.8, 4) is 5.69 Å². The van der Waals surface area contributed by atoms with Crippen molar-refractivity contribution in [3.63, 3.8) is 0 Å². The fraction of sp³-hybridized carbons (Fsp3) is 0.0484. The smallest absolute Gasteiger partial charge is 0.160 e. The Bertz CT molecular complexity index is 4300. The number of aromatic nitrogens is 1. The molecular formula is C62H40N2OS. The molecule has 10 aromatic carbocycles. The van der Waals surface area contributed by atoms with Crippen LogP contribution >= 0.6 is 11.3 Å². The van der Waals surface area contributed by atoms with Crippen LogP contribution in [0.15, 0.2) is 215 Å². The Morgan fingerprint density at radius 2 is 1.21 bits per heavy atom. The topological polar surface area (TPSA) is 30.4 Å². The van der Waals surface area contributed by atoms with E-state index in [9.17, 15) is 0 Å². The lowest BCUT2D eigenvalue weighted by Crippen LogP contribution is -2.02. The molecule has 0 unspecified atom stereocenters. The van der Waals surface area contributed by atoms with Gasteiger partial charge in [-0.05, 0) is 92.5 Å². The summed E-state index contributed by atoms with van der Waals surface area (Å²) in [5.41, 5.74) is 13.0. The van der Waals surface area contributed by atoms with Gasteiger partial charge in [-0.1, -0.05) is 165 Å². The summed E-state index contributed by atoms with van der Waals surface area (Å²) >= 11 is 1.87. The Labute approximate surface area is 384 Å². The Balaban J connectivity index is 1.08. The summed E-state index contributed by atoms with van der Waals surface area (Å²) in [6.07, 6.45) is 3.92. The van der Waals surface area contributed by atoms with Crippen molar-refractivity contribution in [1.29, 1.82) is 0 Å². The van der Waals surface area contributed by atoms with Gasteiger partial charge in [0.1, 0.15) is 5.58 Å². The van der Waals surface area contributed by atoms with E-state index in [4.69, 9.17) is 9.41 Å². The van der Waals surface area contributed by atoms with E-state index in [1.54, 1.807) is 0 Å². The molecule has 66 heavy (non-hydrogen) atoms. The van der Waals surface area contributed by atoms with Crippen LogP contribution in [-0.2, 0) is 0 Å². The number of benzene rings is 10. The normalized spacial score (nSPS) is 13.7. The maximum atomic E-state index is 7.19. The molecule has 0 aliphatic carbocycles. The molecule has 0 saturated heterocycles. The highest BCUT2D eigenvalue weighted by Crippen LogP contribution is 2.47. The van der Waals surface area contributed by atoms with E-state index >= 15 is 0 Å². The number of hydrogen-bond donors (Lipinski definition) is 0. The van der Waals surface area contributed by atoms with Crippen molar-refractivity contribution in [2.75, 3.05) is 0 Å². The van der Waals surface area contributed by atoms with E-state index in [1.807, 2.05) is 11.3 Å². The molecule has 3 nitrogen and oxygen atoms in total. The summed E-state index contributed by atoms with van der Waals surface area (Å²) in [6, 6.07) is 71.0. The third-order valence-corrected chi connectivity index (χ3v) is 15.2. The summed E-state index contributed by atoms with van der Waals surface area (Å²) in [4.78, 5) is 5.89. The van der Waals surface area contributed by atoms with Crippen molar-refractivity contribution < 1.29 is 4.42 Å². The molecule has 310 valence electrons. The number of rotatable bonds is 5. The molecule has 0 N–H and O–H groups in total. The van der Waals surface area contributed by atoms with Crippen LogP contribution in [0.5, 0.6) is 0 Å². The molecule has 0 saturated carbocycles. The van der Waals surface area contributed by atoms with Gasteiger partial charge in [0.2, 0.25) is 0 Å². The van der Waals surface area contributed by atoms with Crippen molar-refractivity contribution in [1.82, 2.24) is 4.57 Å². The zero-order valence-electron chi connectivity index (χ0n) is 36.2. The zero-order valence-corrected chi connectivity index (χ0v) is 37.0. The average Bonchev–Trinajstić information content (AvgIpc) is 4.00. The summed E-state index contributed by atoms with van der Waals surface area (Å²) in [7, 11) is 0. The van der Waals surface area contributed by atoms with Gasteiger partial charge < -0.3 is 8.98 Å². The van der Waals surface area contributed by atoms with E-state index in [0.717, 1.165) is 62.1 Å². The van der Waals surface area contributed by atoms with Gasteiger partial charge in [-0.25, -0.2) is 0 Å². The number of allylic oxidation sites excluding steroid dienone is 3. The molecular weight excluding hydrogens is 821 g/mol. The molecule has 1 aliphatic heterocycles. The Morgan fingerprint density at radius 3 is 2.06 bits per heavy atom. The molecule has 4 heterocycles. The highest BCUT2D eigenvalue weighted by molar-refractivity contribution is 7.25. The van der Waals surface area contributed by atoms with Crippen LogP contribution in [-0.4, -0.2) is 10.3 Å². The van der Waals surface area contributed by atoms with Gasteiger partial charge >= 0.3 is 0 Å². The van der Waals surface area contributed by atoms with E-state index in [0.29, 0.717) is 6.42 Å². The largest absolute Gasteiger partial charge is 0.454 e. The maximum Gasteiger partial charge on any atom is 0.160 e. The number of aliphatic imine (C=N–C) groups is 1. The van der Waals surface area contributed by atoms with Crippen molar-refractivity contribution >= 4 is 125 Å². The van der Waals surface area contributed by atoms with Crippen LogP contribution in [0.2, 0.25) is 0 Å². The van der Waals surface area contributed by atoms with Crippen LogP contribution in [0.25, 0.3) is 113 Å². The van der Waals surface area contributed by atoms with Crippen LogP contribution in [0.1, 0.15) is 36.5 Å². The Kier molecular flexibility index (Phi) is 8.19. The average molecular weight is 861 g/mol. The number of furan rings is 1. The highest BCUT2D eigenvalue weighted by atomic mass is 32.1. The second-order valence-electron chi connectivity index (χ2n) is 17.6. The lowest BCUT2D eigenvalue weighted by Gasteiger charge is -2.17. The Hall–Kier alpha value is -8.05. The molecule has 0 fully saturated rings. The quantitative estimate of drug-likeness (QED) is 0.170. The minimum absolute atomic E-state index is 0.691. The molecule has 0 atom stereocenters. The summed E-state index contributed by atoms with van der Waals surface area (Å²) < 4.78 is 12.3. The molecule has 14 rings (SSSR count). The molecule has 0 amide bonds.